The van der Waals surface area contributed by atoms with E-state index in [2.05, 4.69) is 25.8 Å². The lowest BCUT2D eigenvalue weighted by atomic mass is 9.95. The Balaban J connectivity index is 2.38. The lowest BCUT2D eigenvalue weighted by molar-refractivity contribution is -0.164. The molecular formula is C16H21NO3. The normalized spacial score (nSPS) is 18.8. The van der Waals surface area contributed by atoms with Crippen LogP contribution < -0.4 is 4.74 Å². The first kappa shape index (κ1) is 14.7. The van der Waals surface area contributed by atoms with Crippen LogP contribution in [0.15, 0.2) is 12.3 Å². The van der Waals surface area contributed by atoms with E-state index in [4.69, 9.17) is 9.47 Å². The fourth-order valence-electron chi connectivity index (χ4n) is 2.04. The summed E-state index contributed by atoms with van der Waals surface area (Å²) < 4.78 is 11.8. The predicted octanol–water partition coefficient (Wildman–Crippen LogP) is 3.27. The number of ether oxygens (including phenoxy) is 2. The van der Waals surface area contributed by atoms with Crippen LogP contribution in [0, 0.1) is 12.3 Å². The van der Waals surface area contributed by atoms with E-state index in [0.717, 1.165) is 22.6 Å². The molecule has 4 heteroatoms. The number of hydrogen-bond acceptors (Lipinski definition) is 4. The first-order valence-corrected chi connectivity index (χ1v) is 6.74. The van der Waals surface area contributed by atoms with Crippen molar-refractivity contribution >= 4 is 11.9 Å². The minimum atomic E-state index is -0.289. The second kappa shape index (κ2) is 5.37. The van der Waals surface area contributed by atoms with Crippen molar-refractivity contribution in [3.8, 4) is 5.75 Å². The van der Waals surface area contributed by atoms with Crippen molar-refractivity contribution in [2.24, 2.45) is 5.41 Å². The second-order valence-corrected chi connectivity index (χ2v) is 6.18. The van der Waals surface area contributed by atoms with Gasteiger partial charge in [-0.05, 0) is 26.0 Å². The minimum Gasteiger partial charge on any atom is -0.462 e. The van der Waals surface area contributed by atoms with E-state index in [1.807, 2.05) is 6.92 Å². The highest BCUT2D eigenvalue weighted by molar-refractivity contribution is 5.91. The van der Waals surface area contributed by atoms with Gasteiger partial charge < -0.3 is 9.47 Å². The number of aromatic nitrogens is 1. The third-order valence-electron chi connectivity index (χ3n) is 3.16. The van der Waals surface area contributed by atoms with Gasteiger partial charge in [0.25, 0.3) is 0 Å². The number of fused-ring (bicyclic) bond motifs is 1. The first-order valence-electron chi connectivity index (χ1n) is 6.74. The van der Waals surface area contributed by atoms with Gasteiger partial charge >= 0.3 is 0 Å². The van der Waals surface area contributed by atoms with Crippen molar-refractivity contribution in [1.29, 1.82) is 0 Å². The van der Waals surface area contributed by atoms with Crippen molar-refractivity contribution in [2.45, 2.75) is 47.5 Å². The maximum absolute atomic E-state index is 11.1. The Labute approximate surface area is 119 Å². The van der Waals surface area contributed by atoms with E-state index in [1.165, 1.54) is 13.0 Å². The van der Waals surface area contributed by atoms with E-state index in [1.54, 1.807) is 12.3 Å². The average Bonchev–Trinajstić information content (AvgIpc) is 2.36. The highest BCUT2D eigenvalue weighted by Gasteiger charge is 2.33. The third kappa shape index (κ3) is 3.07. The molecule has 1 aromatic heterocycles. The number of pyridine rings is 1. The number of carbonyl (C=O) groups is 1. The molecule has 1 aliphatic heterocycles. The van der Waals surface area contributed by atoms with Crippen LogP contribution in [0.2, 0.25) is 0 Å². The van der Waals surface area contributed by atoms with Gasteiger partial charge in [0.1, 0.15) is 5.75 Å². The molecule has 0 fully saturated rings. The smallest absolute Gasteiger partial charge is 0.205 e. The van der Waals surface area contributed by atoms with Gasteiger partial charge in [0.05, 0.1) is 12.3 Å². The van der Waals surface area contributed by atoms with Crippen LogP contribution in [0.4, 0.5) is 0 Å². The topological polar surface area (TPSA) is 48.4 Å². The summed E-state index contributed by atoms with van der Waals surface area (Å²) in [6, 6.07) is 0. The van der Waals surface area contributed by atoms with Gasteiger partial charge in [-0.15, -0.1) is 0 Å². The summed E-state index contributed by atoms with van der Waals surface area (Å²) in [6.07, 6.45) is 4.75. The minimum absolute atomic E-state index is 0.00420. The van der Waals surface area contributed by atoms with E-state index < -0.39 is 0 Å². The van der Waals surface area contributed by atoms with E-state index in [0.29, 0.717) is 6.61 Å². The molecule has 0 amide bonds. The molecule has 0 bridgehead atoms. The molecule has 0 spiro atoms. The molecule has 0 saturated heterocycles. The predicted molar refractivity (Wildman–Crippen MR) is 77.3 cm³/mol. The Morgan fingerprint density at radius 2 is 2.15 bits per heavy atom. The van der Waals surface area contributed by atoms with Crippen LogP contribution >= 0.6 is 0 Å². The summed E-state index contributed by atoms with van der Waals surface area (Å²) in [6.45, 7) is 10.1. The molecule has 0 saturated carbocycles. The number of aryl methyl sites for hydroxylation is 1. The van der Waals surface area contributed by atoms with Crippen molar-refractivity contribution in [2.75, 3.05) is 0 Å². The van der Waals surface area contributed by atoms with Crippen LogP contribution in [0.5, 0.6) is 5.75 Å². The fraction of sp³-hybridized carbons (Fsp3) is 0.500. The molecule has 0 aromatic carbocycles. The molecular weight excluding hydrogens is 254 g/mol. The molecule has 2 heterocycles. The monoisotopic (exact) mass is 275 g/mol. The van der Waals surface area contributed by atoms with E-state index in [-0.39, 0.29) is 17.5 Å². The lowest BCUT2D eigenvalue weighted by Gasteiger charge is -2.35. The van der Waals surface area contributed by atoms with Crippen LogP contribution in [0.3, 0.4) is 0 Å². The average molecular weight is 275 g/mol. The standard InChI is InChI=1S/C16H21NO3/c1-10(18)6-7-12-8-17-11(2)14-13(12)9-19-15(20-14)16(3,4)5/h6-8,15H,9H2,1-5H3/b7-6+. The molecule has 0 radical (unpaired) electrons. The largest absolute Gasteiger partial charge is 0.462 e. The van der Waals surface area contributed by atoms with Crippen molar-refractivity contribution < 1.29 is 14.3 Å². The molecule has 1 unspecified atom stereocenters. The summed E-state index contributed by atoms with van der Waals surface area (Å²) in [5, 5.41) is 0. The summed E-state index contributed by atoms with van der Waals surface area (Å²) in [4.78, 5) is 15.4. The zero-order chi connectivity index (χ0) is 14.9. The number of carbonyl (C=O) groups excluding carboxylic acids is 1. The quantitative estimate of drug-likeness (QED) is 0.777. The Kier molecular flexibility index (Phi) is 3.95. The summed E-state index contributed by atoms with van der Waals surface area (Å²) in [5.41, 5.74) is 2.57. The summed E-state index contributed by atoms with van der Waals surface area (Å²) in [7, 11) is 0. The zero-order valence-electron chi connectivity index (χ0n) is 12.7. The van der Waals surface area contributed by atoms with E-state index in [9.17, 15) is 4.79 Å². The van der Waals surface area contributed by atoms with Crippen molar-refractivity contribution in [3.05, 3.63) is 29.1 Å². The Morgan fingerprint density at radius 3 is 2.75 bits per heavy atom. The van der Waals surface area contributed by atoms with Gasteiger partial charge in [-0.2, -0.15) is 0 Å². The second-order valence-electron chi connectivity index (χ2n) is 6.18. The van der Waals surface area contributed by atoms with Gasteiger partial charge in [-0.1, -0.05) is 20.8 Å². The molecule has 4 nitrogen and oxygen atoms in total. The van der Waals surface area contributed by atoms with Crippen molar-refractivity contribution in [3.63, 3.8) is 0 Å². The molecule has 1 aliphatic rings. The van der Waals surface area contributed by atoms with E-state index >= 15 is 0 Å². The molecule has 0 aliphatic carbocycles. The number of ketones is 1. The van der Waals surface area contributed by atoms with Crippen molar-refractivity contribution in [1.82, 2.24) is 4.98 Å². The molecule has 1 aromatic rings. The zero-order valence-corrected chi connectivity index (χ0v) is 12.7. The van der Waals surface area contributed by atoms with Crippen LogP contribution in [-0.2, 0) is 16.1 Å². The Morgan fingerprint density at radius 1 is 1.45 bits per heavy atom. The maximum atomic E-state index is 11.1. The Bertz CT molecular complexity index is 556. The third-order valence-corrected chi connectivity index (χ3v) is 3.16. The molecule has 108 valence electrons. The van der Waals surface area contributed by atoms with Gasteiger partial charge in [0, 0.05) is 22.7 Å². The Hall–Kier alpha value is -1.68. The molecule has 0 N–H and O–H groups in total. The van der Waals surface area contributed by atoms with Crippen LogP contribution in [-0.4, -0.2) is 17.1 Å². The maximum Gasteiger partial charge on any atom is 0.205 e. The molecule has 2 rings (SSSR count). The van der Waals surface area contributed by atoms with Gasteiger partial charge in [0.2, 0.25) is 6.29 Å². The highest BCUT2D eigenvalue weighted by atomic mass is 16.7. The van der Waals surface area contributed by atoms with Crippen LogP contribution in [0.1, 0.15) is 44.5 Å². The van der Waals surface area contributed by atoms with Gasteiger partial charge in [0.15, 0.2) is 5.78 Å². The number of allylic oxidation sites excluding steroid dienone is 1. The van der Waals surface area contributed by atoms with Gasteiger partial charge in [-0.25, -0.2) is 0 Å². The lowest BCUT2D eigenvalue weighted by Crippen LogP contribution is -2.37. The molecule has 1 atom stereocenters. The fourth-order valence-corrected chi connectivity index (χ4v) is 2.04. The first-order chi connectivity index (χ1) is 9.29. The summed E-state index contributed by atoms with van der Waals surface area (Å²) in [5.74, 6) is 0.784. The molecule has 20 heavy (non-hydrogen) atoms. The summed E-state index contributed by atoms with van der Waals surface area (Å²) >= 11 is 0. The highest BCUT2D eigenvalue weighted by Crippen LogP contribution is 2.36. The van der Waals surface area contributed by atoms with Gasteiger partial charge in [-0.3, -0.25) is 9.78 Å². The SMILES string of the molecule is CC(=O)/C=C/c1cnc(C)c2c1COC(C(C)(C)C)O2. The number of nitrogens with zero attached hydrogens (tertiary/aromatic N) is 1. The number of rotatable bonds is 2. The number of hydrogen-bond donors (Lipinski definition) is 0. The van der Waals surface area contributed by atoms with Crippen LogP contribution in [0.25, 0.3) is 6.08 Å².